The van der Waals surface area contributed by atoms with Crippen molar-refractivity contribution in [1.29, 1.82) is 0 Å². The first-order valence-corrected chi connectivity index (χ1v) is 8.55. The summed E-state index contributed by atoms with van der Waals surface area (Å²) in [4.78, 5) is 15.5. The summed E-state index contributed by atoms with van der Waals surface area (Å²) in [6.07, 6.45) is 4.43. The average molecular weight is 315 g/mol. The highest BCUT2D eigenvalue weighted by atomic mass is 32.2. The van der Waals surface area contributed by atoms with Gasteiger partial charge in [-0.2, -0.15) is 4.31 Å². The third-order valence-corrected chi connectivity index (χ3v) is 5.98. The van der Waals surface area contributed by atoms with Crippen LogP contribution in [0.3, 0.4) is 0 Å². The zero-order valence-electron chi connectivity index (χ0n) is 12.3. The van der Waals surface area contributed by atoms with Crippen LogP contribution in [-0.2, 0) is 21.4 Å². The molecular weight excluding hydrogens is 294 g/mol. The largest absolute Gasteiger partial charge is 0.481 e. The van der Waals surface area contributed by atoms with E-state index in [-0.39, 0.29) is 11.6 Å². The summed E-state index contributed by atoms with van der Waals surface area (Å²) in [6, 6.07) is 0. The molecule has 0 amide bonds. The van der Waals surface area contributed by atoms with E-state index in [4.69, 9.17) is 0 Å². The Bertz CT molecular complexity index is 625. The van der Waals surface area contributed by atoms with Crippen LogP contribution in [0, 0.1) is 5.41 Å². The van der Waals surface area contributed by atoms with Gasteiger partial charge in [0, 0.05) is 25.8 Å². The maximum Gasteiger partial charge on any atom is 0.310 e. The molecule has 1 aliphatic heterocycles. The van der Waals surface area contributed by atoms with E-state index >= 15 is 0 Å². The molecule has 1 aromatic heterocycles. The minimum Gasteiger partial charge on any atom is -0.481 e. The summed E-state index contributed by atoms with van der Waals surface area (Å²) in [7, 11) is -3.73. The van der Waals surface area contributed by atoms with Gasteiger partial charge in [0.1, 0.15) is 0 Å². The van der Waals surface area contributed by atoms with Crippen molar-refractivity contribution in [3.8, 4) is 0 Å². The maximum atomic E-state index is 12.6. The molecular formula is C13H21N3O4S. The molecule has 1 saturated heterocycles. The highest BCUT2D eigenvalue weighted by Gasteiger charge is 2.44. The van der Waals surface area contributed by atoms with Crippen LogP contribution in [0.1, 0.15) is 33.1 Å². The molecule has 1 aliphatic rings. The van der Waals surface area contributed by atoms with Crippen molar-refractivity contribution in [1.82, 2.24) is 13.9 Å². The number of sulfonamides is 1. The number of rotatable bonds is 5. The Labute approximate surface area is 124 Å². The van der Waals surface area contributed by atoms with Gasteiger partial charge >= 0.3 is 5.97 Å². The lowest BCUT2D eigenvalue weighted by Crippen LogP contribution is -2.49. The number of hydrogen-bond acceptors (Lipinski definition) is 4. The van der Waals surface area contributed by atoms with Crippen molar-refractivity contribution in [2.75, 3.05) is 13.1 Å². The monoisotopic (exact) mass is 315 g/mol. The molecule has 0 radical (unpaired) electrons. The standard InChI is InChI=1S/C13H21N3O4S/c1-3-13(12(17)18)6-5-7-16(9-13)21(19,20)11-8-15(4-2)10-14-11/h8,10H,3-7,9H2,1-2H3,(H,17,18). The van der Waals surface area contributed by atoms with Crippen LogP contribution in [0.15, 0.2) is 17.6 Å². The average Bonchev–Trinajstić information content (AvgIpc) is 2.96. The summed E-state index contributed by atoms with van der Waals surface area (Å²) >= 11 is 0. The van der Waals surface area contributed by atoms with Crippen LogP contribution >= 0.6 is 0 Å². The van der Waals surface area contributed by atoms with Crippen LogP contribution in [0.2, 0.25) is 0 Å². The Balaban J connectivity index is 2.30. The number of carboxylic acids is 1. The minimum atomic E-state index is -3.73. The van der Waals surface area contributed by atoms with Crippen molar-refractivity contribution in [3.05, 3.63) is 12.5 Å². The Hall–Kier alpha value is -1.41. The first-order valence-electron chi connectivity index (χ1n) is 7.11. The van der Waals surface area contributed by atoms with E-state index in [1.165, 1.54) is 16.8 Å². The SMILES string of the molecule is CCn1cnc(S(=O)(=O)N2CCCC(CC)(C(=O)O)C2)c1. The molecule has 8 heteroatoms. The fourth-order valence-corrected chi connectivity index (χ4v) is 4.19. The first kappa shape index (κ1) is 16.0. The lowest BCUT2D eigenvalue weighted by atomic mass is 9.78. The number of aryl methyl sites for hydroxylation is 1. The van der Waals surface area contributed by atoms with Gasteiger partial charge in [-0.25, -0.2) is 13.4 Å². The summed E-state index contributed by atoms with van der Waals surface area (Å²) in [5, 5.41) is 9.43. The van der Waals surface area contributed by atoms with Crippen molar-refractivity contribution in [2.45, 2.75) is 44.7 Å². The van der Waals surface area contributed by atoms with E-state index < -0.39 is 21.4 Å². The lowest BCUT2D eigenvalue weighted by molar-refractivity contribution is -0.151. The number of aromatic nitrogens is 2. The molecule has 2 rings (SSSR count). The molecule has 1 unspecified atom stereocenters. The van der Waals surface area contributed by atoms with E-state index in [1.807, 2.05) is 6.92 Å². The highest BCUT2D eigenvalue weighted by Crippen LogP contribution is 2.35. The number of piperidine rings is 1. The van der Waals surface area contributed by atoms with Gasteiger partial charge in [-0.05, 0) is 26.2 Å². The second kappa shape index (κ2) is 5.76. The van der Waals surface area contributed by atoms with E-state index in [0.29, 0.717) is 32.4 Å². The zero-order chi connectivity index (χ0) is 15.7. The number of nitrogens with zero attached hydrogens (tertiary/aromatic N) is 3. The zero-order valence-corrected chi connectivity index (χ0v) is 13.1. The first-order chi connectivity index (χ1) is 9.85. The molecule has 0 spiro atoms. The molecule has 0 bridgehead atoms. The Kier molecular flexibility index (Phi) is 4.38. The molecule has 1 aromatic rings. The molecule has 0 saturated carbocycles. The van der Waals surface area contributed by atoms with Crippen LogP contribution in [0.5, 0.6) is 0 Å². The van der Waals surface area contributed by atoms with E-state index in [1.54, 1.807) is 11.5 Å². The number of carbonyl (C=O) groups is 1. The van der Waals surface area contributed by atoms with E-state index in [9.17, 15) is 18.3 Å². The molecule has 2 heterocycles. The Morgan fingerprint density at radius 3 is 2.71 bits per heavy atom. The van der Waals surface area contributed by atoms with Crippen molar-refractivity contribution in [2.24, 2.45) is 5.41 Å². The van der Waals surface area contributed by atoms with Crippen LogP contribution in [0.4, 0.5) is 0 Å². The third kappa shape index (κ3) is 2.82. The predicted octanol–water partition coefficient (Wildman–Crippen LogP) is 1.17. The second-order valence-electron chi connectivity index (χ2n) is 5.42. The Morgan fingerprint density at radius 2 is 2.19 bits per heavy atom. The minimum absolute atomic E-state index is 0.0124. The van der Waals surface area contributed by atoms with Gasteiger partial charge in [-0.1, -0.05) is 6.92 Å². The lowest BCUT2D eigenvalue weighted by Gasteiger charge is -2.38. The molecule has 0 aromatic carbocycles. The fourth-order valence-electron chi connectivity index (χ4n) is 2.69. The normalized spacial score (nSPS) is 24.1. The third-order valence-electron chi connectivity index (χ3n) is 4.25. The summed E-state index contributed by atoms with van der Waals surface area (Å²) in [5.74, 6) is -0.927. The van der Waals surface area contributed by atoms with Crippen molar-refractivity contribution < 1.29 is 18.3 Å². The molecule has 1 atom stereocenters. The molecule has 7 nitrogen and oxygen atoms in total. The van der Waals surface area contributed by atoms with Crippen LogP contribution in [0.25, 0.3) is 0 Å². The summed E-state index contributed by atoms with van der Waals surface area (Å²) in [5.41, 5.74) is -0.987. The Morgan fingerprint density at radius 1 is 1.48 bits per heavy atom. The van der Waals surface area contributed by atoms with Crippen molar-refractivity contribution >= 4 is 16.0 Å². The molecule has 21 heavy (non-hydrogen) atoms. The fraction of sp³-hybridized carbons (Fsp3) is 0.692. The predicted molar refractivity (Wildman–Crippen MR) is 76.3 cm³/mol. The van der Waals surface area contributed by atoms with Crippen molar-refractivity contribution in [3.63, 3.8) is 0 Å². The molecule has 118 valence electrons. The van der Waals surface area contributed by atoms with Gasteiger partial charge in [0.25, 0.3) is 10.0 Å². The van der Waals surface area contributed by atoms with E-state index in [2.05, 4.69) is 4.98 Å². The van der Waals surface area contributed by atoms with Gasteiger partial charge in [-0.15, -0.1) is 0 Å². The number of imidazole rings is 1. The quantitative estimate of drug-likeness (QED) is 0.880. The van der Waals surface area contributed by atoms with Gasteiger partial charge < -0.3 is 9.67 Å². The second-order valence-corrected chi connectivity index (χ2v) is 7.31. The van der Waals surface area contributed by atoms with Gasteiger partial charge in [0.05, 0.1) is 11.7 Å². The van der Waals surface area contributed by atoms with Gasteiger partial charge in [0.15, 0.2) is 5.03 Å². The topological polar surface area (TPSA) is 92.5 Å². The smallest absolute Gasteiger partial charge is 0.310 e. The number of hydrogen-bond donors (Lipinski definition) is 1. The van der Waals surface area contributed by atoms with Gasteiger partial charge in [-0.3, -0.25) is 4.79 Å². The maximum absolute atomic E-state index is 12.6. The molecule has 0 aliphatic carbocycles. The van der Waals surface area contributed by atoms with E-state index in [0.717, 1.165) is 0 Å². The molecule has 1 N–H and O–H groups in total. The van der Waals surface area contributed by atoms with Crippen LogP contribution in [-0.4, -0.2) is 46.4 Å². The number of aliphatic carboxylic acids is 1. The van der Waals surface area contributed by atoms with Gasteiger partial charge in [0.2, 0.25) is 0 Å². The number of carboxylic acid groups (broad SMARTS) is 1. The summed E-state index contributed by atoms with van der Waals surface area (Å²) < 4.78 is 28.1. The summed E-state index contributed by atoms with van der Waals surface area (Å²) in [6.45, 7) is 4.68. The van der Waals surface area contributed by atoms with Crippen LogP contribution < -0.4 is 0 Å². The highest BCUT2D eigenvalue weighted by molar-refractivity contribution is 7.89. The molecule has 1 fully saturated rings.